The molecule has 1 heterocycles. The van der Waals surface area contributed by atoms with Crippen molar-refractivity contribution in [3.8, 4) is 0 Å². The molecule has 41 heavy (non-hydrogen) atoms. The number of amides is 1. The summed E-state index contributed by atoms with van der Waals surface area (Å²) >= 11 is 0. The topological polar surface area (TPSA) is 42.0 Å². The van der Waals surface area contributed by atoms with Gasteiger partial charge < -0.3 is 10.3 Å². The number of aromatic nitrogens is 1. The normalized spacial score (nSPS) is 10.1. The quantitative estimate of drug-likeness (QED) is 0.111. The largest absolute Gasteiger partial charge is 0.384 e. The molecule has 0 aliphatic heterocycles. The molecule has 200 valence electrons. The van der Waals surface area contributed by atoms with E-state index in [2.05, 4.69) is 107 Å². The van der Waals surface area contributed by atoms with Gasteiger partial charge in [0.05, 0.1) is 0 Å². The van der Waals surface area contributed by atoms with E-state index in [0.717, 1.165) is 27.6 Å². The minimum absolute atomic E-state index is 0. The van der Waals surface area contributed by atoms with E-state index in [9.17, 15) is 4.79 Å². The number of carbonyl (C=O) groups is 1. The van der Waals surface area contributed by atoms with Gasteiger partial charge in [0.2, 0.25) is 0 Å². The van der Waals surface area contributed by atoms with Crippen LogP contribution in [-0.2, 0) is 25.8 Å². The number of anilines is 1. The predicted molar refractivity (Wildman–Crippen MR) is 164 cm³/mol. The van der Waals surface area contributed by atoms with Crippen molar-refractivity contribution in [1.29, 1.82) is 0 Å². The van der Waals surface area contributed by atoms with Crippen LogP contribution >= 0.6 is 0 Å². The predicted octanol–water partition coefficient (Wildman–Crippen LogP) is 8.61. The first-order valence-electron chi connectivity index (χ1n) is 13.3. The number of fused-ring (bicyclic) bond motifs is 1. The van der Waals surface area contributed by atoms with Crippen molar-refractivity contribution in [2.24, 2.45) is 0 Å². The van der Waals surface area contributed by atoms with Gasteiger partial charge in [-0.15, -0.1) is 5.39 Å². The summed E-state index contributed by atoms with van der Waals surface area (Å²) in [6, 6.07) is 46.9. The van der Waals surface area contributed by atoms with E-state index in [4.69, 9.17) is 0 Å². The molecule has 0 unspecified atom stereocenters. The Labute approximate surface area is 261 Å². The number of hydrogen-bond donors (Lipinski definition) is 1. The summed E-state index contributed by atoms with van der Waals surface area (Å²) in [7, 11) is 0. The van der Waals surface area contributed by atoms with E-state index in [-0.39, 0.29) is 31.8 Å². The zero-order chi connectivity index (χ0) is 27.7. The molecular formula is C37H30HfN2O-2. The first kappa shape index (κ1) is 29.7. The number of aryl methyl sites for hydroxylation is 2. The molecule has 0 bridgehead atoms. The van der Waals surface area contributed by atoms with Crippen LogP contribution in [0.4, 0.5) is 5.69 Å². The van der Waals surface area contributed by atoms with Crippen LogP contribution in [0.3, 0.4) is 0 Å². The number of nitrogens with one attached hydrogen (secondary N) is 1. The van der Waals surface area contributed by atoms with Gasteiger partial charge in [-0.1, -0.05) is 150 Å². The van der Waals surface area contributed by atoms with Crippen molar-refractivity contribution < 1.29 is 30.6 Å². The van der Waals surface area contributed by atoms with Gasteiger partial charge in [-0.3, -0.25) is 4.79 Å². The third-order valence-corrected chi connectivity index (χ3v) is 6.72. The van der Waals surface area contributed by atoms with E-state index >= 15 is 0 Å². The average Bonchev–Trinajstić information content (AvgIpc) is 2.99. The van der Waals surface area contributed by atoms with Crippen LogP contribution in [0.2, 0.25) is 0 Å². The minimum atomic E-state index is -0.108. The van der Waals surface area contributed by atoms with Gasteiger partial charge in [-0.25, -0.2) is 0 Å². The van der Waals surface area contributed by atoms with Gasteiger partial charge in [0.25, 0.3) is 5.91 Å². The number of rotatable bonds is 5. The zero-order valence-electron chi connectivity index (χ0n) is 23.1. The number of benzene rings is 5. The summed E-state index contributed by atoms with van der Waals surface area (Å²) in [5.41, 5.74) is 7.85. The van der Waals surface area contributed by atoms with Gasteiger partial charge in [0.1, 0.15) is 0 Å². The first-order valence-corrected chi connectivity index (χ1v) is 13.3. The van der Waals surface area contributed by atoms with Crippen molar-refractivity contribution in [2.75, 3.05) is 5.32 Å². The van der Waals surface area contributed by atoms with E-state index in [1.807, 2.05) is 56.3 Å². The van der Waals surface area contributed by atoms with E-state index in [0.29, 0.717) is 5.69 Å². The Morgan fingerprint density at radius 3 is 1.63 bits per heavy atom. The molecule has 4 heteroatoms. The molecule has 0 spiro atoms. The number of para-hydroxylation sites is 1. The summed E-state index contributed by atoms with van der Waals surface area (Å²) in [4.78, 5) is 16.8. The molecule has 3 nitrogen and oxygen atoms in total. The fourth-order valence-electron chi connectivity index (χ4n) is 4.82. The van der Waals surface area contributed by atoms with Crippen LogP contribution in [0.1, 0.15) is 38.2 Å². The van der Waals surface area contributed by atoms with Crippen LogP contribution in [-0.4, -0.2) is 10.9 Å². The summed E-state index contributed by atoms with van der Waals surface area (Å²) in [5.74, 6) is 1.17. The van der Waals surface area contributed by atoms with Gasteiger partial charge >= 0.3 is 0 Å². The molecule has 6 aromatic rings. The Bertz CT molecular complexity index is 1580. The Morgan fingerprint density at radius 1 is 0.634 bits per heavy atom. The second-order valence-electron chi connectivity index (χ2n) is 9.51. The average molecular weight is 697 g/mol. The van der Waals surface area contributed by atoms with E-state index < -0.39 is 0 Å². The van der Waals surface area contributed by atoms with Crippen LogP contribution in [0.15, 0.2) is 140 Å². The van der Waals surface area contributed by atoms with E-state index in [1.54, 1.807) is 6.07 Å². The molecule has 0 saturated carbocycles. The van der Waals surface area contributed by atoms with Gasteiger partial charge in [0.15, 0.2) is 0 Å². The third kappa shape index (κ3) is 7.27. The molecule has 6 rings (SSSR count). The fraction of sp³-hybridized carbons (Fsp3) is 0.0541. The maximum Gasteiger partial charge on any atom is 0.255 e. The summed E-state index contributed by atoms with van der Waals surface area (Å²) in [6.45, 7) is 3.88. The van der Waals surface area contributed by atoms with Crippen molar-refractivity contribution in [3.63, 3.8) is 0 Å². The zero-order valence-corrected chi connectivity index (χ0v) is 26.7. The Kier molecular flexibility index (Phi) is 10.4. The molecule has 0 fully saturated rings. The monoisotopic (exact) mass is 698 g/mol. The SMILES string of the molecule is Cc1cccc(C)c1C(=O)Nc1cccc2cc[c-]nc12.[Hf].c1ccc([C-](c2ccccc2)c2ccccc2)cc1. The second kappa shape index (κ2) is 14.4. The standard InChI is InChI=1S/C19H15.C18H15N2O.Hf/c1-4-10-16(11-5-1)19(17-12-6-2-7-13-17)18-14-8-3-9-15-18;1-12-6-3-7-13(2)16(12)18(21)20-15-10-4-8-14-9-5-11-19-17(14)15;/h1-15H;3-10H,1-2H3,(H,20,21);/q2*-1;. The summed E-state index contributed by atoms with van der Waals surface area (Å²) < 4.78 is 0. The van der Waals surface area contributed by atoms with Crippen molar-refractivity contribution >= 4 is 22.5 Å². The molecule has 5 aromatic carbocycles. The smallest absolute Gasteiger partial charge is 0.255 e. The number of carbonyl (C=O) groups excluding carboxylic acids is 1. The third-order valence-electron chi connectivity index (χ3n) is 6.72. The number of hydrogen-bond acceptors (Lipinski definition) is 2. The van der Waals surface area contributed by atoms with Gasteiger partial charge in [0, 0.05) is 37.1 Å². The van der Waals surface area contributed by atoms with Crippen molar-refractivity contribution in [1.82, 2.24) is 4.98 Å². The molecule has 0 radical (unpaired) electrons. The minimum Gasteiger partial charge on any atom is -0.384 e. The van der Waals surface area contributed by atoms with Crippen LogP contribution in [0.5, 0.6) is 0 Å². The van der Waals surface area contributed by atoms with Gasteiger partial charge in [-0.05, 0) is 36.6 Å². The molecule has 1 N–H and O–H groups in total. The number of pyridine rings is 1. The molecule has 0 saturated heterocycles. The first-order chi connectivity index (χ1) is 19.6. The fourth-order valence-corrected chi connectivity index (χ4v) is 4.82. The molecular weight excluding hydrogens is 667 g/mol. The van der Waals surface area contributed by atoms with E-state index in [1.165, 1.54) is 22.6 Å². The van der Waals surface area contributed by atoms with Crippen molar-refractivity contribution in [2.45, 2.75) is 13.8 Å². The van der Waals surface area contributed by atoms with Crippen LogP contribution in [0.25, 0.3) is 10.9 Å². The molecule has 0 aliphatic carbocycles. The summed E-state index contributed by atoms with van der Waals surface area (Å²) in [5, 5.41) is 3.94. The molecule has 1 aromatic heterocycles. The Hall–Kier alpha value is -4.28. The Balaban J connectivity index is 0.000000185. The maximum atomic E-state index is 12.6. The second-order valence-corrected chi connectivity index (χ2v) is 9.51. The van der Waals surface area contributed by atoms with Crippen LogP contribution < -0.4 is 5.32 Å². The molecule has 0 atom stereocenters. The Morgan fingerprint density at radius 2 is 1.12 bits per heavy atom. The van der Waals surface area contributed by atoms with Crippen molar-refractivity contribution in [3.05, 3.63) is 185 Å². The summed E-state index contributed by atoms with van der Waals surface area (Å²) in [6.07, 6.45) is 2.81. The molecule has 0 aliphatic rings. The number of nitrogens with zero attached hydrogens (tertiary/aromatic N) is 1. The van der Waals surface area contributed by atoms with Gasteiger partial charge in [-0.2, -0.15) is 12.1 Å². The maximum absolute atomic E-state index is 12.6. The van der Waals surface area contributed by atoms with Crippen LogP contribution in [0, 0.1) is 26.0 Å². The molecule has 1 amide bonds.